The first-order valence-corrected chi connectivity index (χ1v) is 5.23. The van der Waals surface area contributed by atoms with Crippen LogP contribution in [0.2, 0.25) is 0 Å². The van der Waals surface area contributed by atoms with Gasteiger partial charge >= 0.3 is 0 Å². The van der Waals surface area contributed by atoms with Crippen LogP contribution in [0.3, 0.4) is 0 Å². The van der Waals surface area contributed by atoms with Crippen LogP contribution in [-0.4, -0.2) is 24.6 Å². The lowest BCUT2D eigenvalue weighted by Gasteiger charge is -2.20. The average molecular weight is 220 g/mol. The second-order valence-electron chi connectivity index (χ2n) is 3.85. The third kappa shape index (κ3) is 1.66. The number of phenolic OH excluding ortho intramolecular Hbond substituents is 1. The first kappa shape index (κ1) is 9.69. The molecule has 1 aromatic rings. The molecule has 3 rings (SSSR count). The maximum Gasteiger partial charge on any atom is 0.183 e. The Balaban J connectivity index is 1.84. The Labute approximate surface area is 93.1 Å². The molecule has 1 N–H and O–H groups in total. The van der Waals surface area contributed by atoms with Crippen molar-refractivity contribution in [1.29, 1.82) is 0 Å². The summed E-state index contributed by atoms with van der Waals surface area (Å²) in [6, 6.07) is 5.08. The number of hydrogen-bond acceptors (Lipinski definition) is 4. The maximum atomic E-state index is 9.40. The molecule has 0 saturated carbocycles. The smallest absolute Gasteiger partial charge is 0.183 e. The lowest BCUT2D eigenvalue weighted by Crippen LogP contribution is -2.17. The molecule has 16 heavy (non-hydrogen) atoms. The largest absolute Gasteiger partial charge is 0.508 e. The Hall–Kier alpha value is -1.52. The van der Waals surface area contributed by atoms with Crippen LogP contribution in [0, 0.1) is 0 Å². The van der Waals surface area contributed by atoms with Crippen molar-refractivity contribution in [2.75, 3.05) is 13.2 Å². The second-order valence-corrected chi connectivity index (χ2v) is 3.85. The molecule has 0 bridgehead atoms. The predicted octanol–water partition coefficient (Wildman–Crippen LogP) is 1.58. The molecule has 84 valence electrons. The summed E-state index contributed by atoms with van der Waals surface area (Å²) in [7, 11) is 0. The van der Waals surface area contributed by atoms with E-state index in [0.29, 0.717) is 19.6 Å². The van der Waals surface area contributed by atoms with E-state index in [0.717, 1.165) is 16.9 Å². The third-order valence-electron chi connectivity index (χ3n) is 2.70. The van der Waals surface area contributed by atoms with Crippen LogP contribution >= 0.6 is 0 Å². The van der Waals surface area contributed by atoms with Gasteiger partial charge in [0, 0.05) is 17.6 Å². The van der Waals surface area contributed by atoms with Crippen molar-refractivity contribution in [1.82, 2.24) is 0 Å². The molecule has 0 amide bonds. The minimum absolute atomic E-state index is 0.247. The van der Waals surface area contributed by atoms with E-state index in [9.17, 15) is 5.11 Å². The van der Waals surface area contributed by atoms with Gasteiger partial charge in [0.2, 0.25) is 0 Å². The number of rotatable bonds is 1. The lowest BCUT2D eigenvalue weighted by molar-refractivity contribution is -0.0147. The van der Waals surface area contributed by atoms with Crippen molar-refractivity contribution >= 4 is 0 Å². The van der Waals surface area contributed by atoms with Crippen LogP contribution < -0.4 is 4.74 Å². The summed E-state index contributed by atoms with van der Waals surface area (Å²) in [5.41, 5.74) is 1.91. The SMILES string of the molecule is Oc1ccc2c(c1)CC(C1OCCO1)=CO2. The molecule has 0 radical (unpaired) electrons. The predicted molar refractivity (Wildman–Crippen MR) is 56.2 cm³/mol. The van der Waals surface area contributed by atoms with E-state index in [2.05, 4.69) is 0 Å². The van der Waals surface area contributed by atoms with E-state index < -0.39 is 0 Å². The summed E-state index contributed by atoms with van der Waals surface area (Å²) in [4.78, 5) is 0. The molecule has 4 nitrogen and oxygen atoms in total. The average Bonchev–Trinajstić information content (AvgIpc) is 2.81. The fraction of sp³-hybridized carbons (Fsp3) is 0.333. The highest BCUT2D eigenvalue weighted by atomic mass is 16.7. The van der Waals surface area contributed by atoms with Crippen molar-refractivity contribution < 1.29 is 19.3 Å². The monoisotopic (exact) mass is 220 g/mol. The normalized spacial score (nSPS) is 20.1. The number of aromatic hydroxyl groups is 1. The zero-order valence-corrected chi connectivity index (χ0v) is 8.68. The highest BCUT2D eigenvalue weighted by Gasteiger charge is 2.25. The molecule has 1 aromatic carbocycles. The van der Waals surface area contributed by atoms with Gasteiger partial charge in [0.05, 0.1) is 19.5 Å². The molecule has 2 aliphatic rings. The standard InChI is InChI=1S/C12H12O4/c13-10-1-2-11-8(6-10)5-9(7-16-11)12-14-3-4-15-12/h1-2,6-7,12-13H,3-5H2. The molecule has 0 aliphatic carbocycles. The summed E-state index contributed by atoms with van der Waals surface area (Å²) in [5, 5.41) is 9.40. The zero-order valence-electron chi connectivity index (χ0n) is 8.68. The van der Waals surface area contributed by atoms with Gasteiger partial charge in [-0.25, -0.2) is 0 Å². The highest BCUT2D eigenvalue weighted by molar-refractivity contribution is 5.44. The van der Waals surface area contributed by atoms with E-state index in [-0.39, 0.29) is 12.0 Å². The molecule has 1 saturated heterocycles. The van der Waals surface area contributed by atoms with Gasteiger partial charge in [0.25, 0.3) is 0 Å². The van der Waals surface area contributed by atoms with E-state index in [1.807, 2.05) is 0 Å². The van der Waals surface area contributed by atoms with Crippen molar-refractivity contribution in [3.63, 3.8) is 0 Å². The van der Waals surface area contributed by atoms with E-state index >= 15 is 0 Å². The van der Waals surface area contributed by atoms with Gasteiger partial charge in [0.1, 0.15) is 11.5 Å². The molecule has 2 aliphatic heterocycles. The molecule has 0 atom stereocenters. The molecule has 2 heterocycles. The van der Waals surface area contributed by atoms with Gasteiger partial charge in [0.15, 0.2) is 6.29 Å². The highest BCUT2D eigenvalue weighted by Crippen LogP contribution is 2.32. The summed E-state index contributed by atoms with van der Waals surface area (Å²) >= 11 is 0. The van der Waals surface area contributed by atoms with Gasteiger partial charge in [-0.2, -0.15) is 0 Å². The summed E-state index contributed by atoms with van der Waals surface area (Å²) in [6.45, 7) is 1.24. The minimum Gasteiger partial charge on any atom is -0.508 e. The van der Waals surface area contributed by atoms with Crippen molar-refractivity contribution in [2.45, 2.75) is 12.7 Å². The molecular formula is C12H12O4. The van der Waals surface area contributed by atoms with Gasteiger partial charge in [-0.1, -0.05) is 0 Å². The van der Waals surface area contributed by atoms with Gasteiger partial charge in [-0.05, 0) is 18.2 Å². The minimum atomic E-state index is -0.296. The Kier molecular flexibility index (Phi) is 2.31. The number of ether oxygens (including phenoxy) is 3. The molecule has 0 aromatic heterocycles. The van der Waals surface area contributed by atoms with Crippen LogP contribution in [0.5, 0.6) is 11.5 Å². The fourth-order valence-corrected chi connectivity index (χ4v) is 1.93. The first-order chi connectivity index (χ1) is 7.83. The van der Waals surface area contributed by atoms with Crippen LogP contribution in [0.15, 0.2) is 30.0 Å². The van der Waals surface area contributed by atoms with Crippen LogP contribution in [0.4, 0.5) is 0 Å². The van der Waals surface area contributed by atoms with E-state index in [1.54, 1.807) is 24.5 Å². The van der Waals surface area contributed by atoms with Gasteiger partial charge in [-0.3, -0.25) is 0 Å². The topological polar surface area (TPSA) is 47.9 Å². The Morgan fingerprint density at radius 1 is 1.19 bits per heavy atom. The van der Waals surface area contributed by atoms with Gasteiger partial charge in [-0.15, -0.1) is 0 Å². The zero-order chi connectivity index (χ0) is 11.0. The Morgan fingerprint density at radius 2 is 2.00 bits per heavy atom. The van der Waals surface area contributed by atoms with Crippen LogP contribution in [-0.2, 0) is 15.9 Å². The van der Waals surface area contributed by atoms with E-state index in [1.165, 1.54) is 0 Å². The lowest BCUT2D eigenvalue weighted by atomic mass is 10.0. The van der Waals surface area contributed by atoms with Crippen LogP contribution in [0.25, 0.3) is 0 Å². The van der Waals surface area contributed by atoms with Crippen molar-refractivity contribution in [2.24, 2.45) is 0 Å². The summed E-state index contributed by atoms with van der Waals surface area (Å²) < 4.78 is 16.3. The summed E-state index contributed by atoms with van der Waals surface area (Å²) in [5.74, 6) is 1.02. The Bertz CT molecular complexity index is 433. The number of hydrogen-bond donors (Lipinski definition) is 1. The molecular weight excluding hydrogens is 208 g/mol. The number of benzene rings is 1. The maximum absolute atomic E-state index is 9.40. The quantitative estimate of drug-likeness (QED) is 0.780. The Morgan fingerprint density at radius 3 is 2.81 bits per heavy atom. The van der Waals surface area contributed by atoms with Crippen LogP contribution in [0.1, 0.15) is 5.56 Å². The molecule has 1 fully saturated rings. The number of phenols is 1. The van der Waals surface area contributed by atoms with E-state index in [4.69, 9.17) is 14.2 Å². The molecule has 0 unspecified atom stereocenters. The first-order valence-electron chi connectivity index (χ1n) is 5.23. The van der Waals surface area contributed by atoms with Crippen molar-refractivity contribution in [3.05, 3.63) is 35.6 Å². The second kappa shape index (κ2) is 3.81. The number of fused-ring (bicyclic) bond motifs is 1. The summed E-state index contributed by atoms with van der Waals surface area (Å²) in [6.07, 6.45) is 2.07. The van der Waals surface area contributed by atoms with Crippen molar-refractivity contribution in [3.8, 4) is 11.5 Å². The molecule has 4 heteroatoms. The fourth-order valence-electron chi connectivity index (χ4n) is 1.93. The molecule has 0 spiro atoms. The third-order valence-corrected chi connectivity index (χ3v) is 2.70. The van der Waals surface area contributed by atoms with Gasteiger partial charge < -0.3 is 19.3 Å².